The highest BCUT2D eigenvalue weighted by Crippen LogP contribution is 2.21. The van der Waals surface area contributed by atoms with Crippen molar-refractivity contribution in [1.29, 1.82) is 0 Å². The molecular weight excluding hydrogens is 244 g/mol. The molecule has 0 unspecified atom stereocenters. The smallest absolute Gasteiger partial charge is 0.308 e. The van der Waals surface area contributed by atoms with Crippen molar-refractivity contribution in [2.45, 2.75) is 52.6 Å². The van der Waals surface area contributed by atoms with E-state index >= 15 is 0 Å². The standard InChI is InChI=1S/C15H26O4/c1-11(2)13(7-6-12(3)16)8-9-15(4,18)10-14(17)19-5/h8-9,11,13,18H,6-7,10H2,1-5H3/b9-8+/t13-,15-/m1/s1. The molecule has 1 N–H and O–H groups in total. The van der Waals surface area contributed by atoms with Gasteiger partial charge < -0.3 is 14.6 Å². The predicted molar refractivity (Wildman–Crippen MR) is 74.6 cm³/mol. The number of rotatable bonds is 8. The zero-order chi connectivity index (χ0) is 15.1. The van der Waals surface area contributed by atoms with Crippen LogP contribution in [-0.4, -0.2) is 29.6 Å². The van der Waals surface area contributed by atoms with Crippen molar-refractivity contribution in [2.24, 2.45) is 11.8 Å². The zero-order valence-electron chi connectivity index (χ0n) is 12.6. The fraction of sp³-hybridized carbons (Fsp3) is 0.733. The molecule has 110 valence electrons. The highest BCUT2D eigenvalue weighted by molar-refractivity contribution is 5.75. The van der Waals surface area contributed by atoms with Gasteiger partial charge in [-0.3, -0.25) is 4.79 Å². The molecule has 0 amide bonds. The summed E-state index contributed by atoms with van der Waals surface area (Å²) in [4.78, 5) is 22.2. The molecule has 0 saturated carbocycles. The van der Waals surface area contributed by atoms with Gasteiger partial charge in [0.1, 0.15) is 5.78 Å². The monoisotopic (exact) mass is 270 g/mol. The molecular formula is C15H26O4. The van der Waals surface area contributed by atoms with E-state index in [1.165, 1.54) is 7.11 Å². The molecule has 0 spiro atoms. The lowest BCUT2D eigenvalue weighted by molar-refractivity contribution is -0.144. The highest BCUT2D eigenvalue weighted by Gasteiger charge is 2.22. The molecule has 2 atom stereocenters. The van der Waals surface area contributed by atoms with Gasteiger partial charge >= 0.3 is 5.97 Å². The van der Waals surface area contributed by atoms with E-state index < -0.39 is 11.6 Å². The summed E-state index contributed by atoms with van der Waals surface area (Å²) in [5.74, 6) is 0.317. The maximum atomic E-state index is 11.2. The Bertz CT molecular complexity index is 329. The van der Waals surface area contributed by atoms with Crippen LogP contribution in [-0.2, 0) is 14.3 Å². The molecule has 0 bridgehead atoms. The predicted octanol–water partition coefficient (Wildman–Crippen LogP) is 2.50. The fourth-order valence-electron chi connectivity index (χ4n) is 1.78. The second-order valence-electron chi connectivity index (χ2n) is 5.62. The molecule has 0 radical (unpaired) electrons. The average Bonchev–Trinajstić information content (AvgIpc) is 2.27. The summed E-state index contributed by atoms with van der Waals surface area (Å²) >= 11 is 0. The number of ether oxygens (including phenoxy) is 1. The van der Waals surface area contributed by atoms with Gasteiger partial charge in [0.25, 0.3) is 0 Å². The molecule has 4 heteroatoms. The molecule has 0 aliphatic heterocycles. The molecule has 0 saturated heterocycles. The van der Waals surface area contributed by atoms with E-state index in [-0.39, 0.29) is 18.1 Å². The number of methoxy groups -OCH3 is 1. The number of Topliss-reactive ketones (excluding diaryl/α,β-unsaturated/α-hetero) is 1. The van der Waals surface area contributed by atoms with Crippen LogP contribution in [0.25, 0.3) is 0 Å². The van der Waals surface area contributed by atoms with Crippen LogP contribution < -0.4 is 0 Å². The summed E-state index contributed by atoms with van der Waals surface area (Å²) < 4.78 is 4.54. The van der Waals surface area contributed by atoms with Crippen molar-refractivity contribution in [3.63, 3.8) is 0 Å². The van der Waals surface area contributed by atoms with Crippen LogP contribution in [0, 0.1) is 11.8 Å². The second-order valence-corrected chi connectivity index (χ2v) is 5.62. The normalized spacial score (nSPS) is 16.4. The first-order valence-corrected chi connectivity index (χ1v) is 6.66. The second kappa shape index (κ2) is 8.10. The molecule has 0 heterocycles. The summed E-state index contributed by atoms with van der Waals surface area (Å²) in [5, 5.41) is 10.1. The van der Waals surface area contributed by atoms with E-state index in [4.69, 9.17) is 0 Å². The summed E-state index contributed by atoms with van der Waals surface area (Å²) in [6.07, 6.45) is 4.76. The number of aliphatic hydroxyl groups is 1. The van der Waals surface area contributed by atoms with Gasteiger partial charge in [0.15, 0.2) is 0 Å². The number of carbonyl (C=O) groups is 2. The Hall–Kier alpha value is -1.16. The zero-order valence-corrected chi connectivity index (χ0v) is 12.6. The number of carbonyl (C=O) groups excluding carboxylic acids is 2. The first-order chi connectivity index (χ1) is 8.68. The molecule has 0 aromatic carbocycles. The van der Waals surface area contributed by atoms with E-state index in [0.29, 0.717) is 12.3 Å². The maximum Gasteiger partial charge on any atom is 0.308 e. The van der Waals surface area contributed by atoms with E-state index in [9.17, 15) is 14.7 Å². The topological polar surface area (TPSA) is 63.6 Å². The third kappa shape index (κ3) is 8.54. The minimum absolute atomic E-state index is 0.0719. The molecule has 19 heavy (non-hydrogen) atoms. The van der Waals surface area contributed by atoms with Gasteiger partial charge in [-0.2, -0.15) is 0 Å². The van der Waals surface area contributed by atoms with Crippen molar-refractivity contribution in [1.82, 2.24) is 0 Å². The average molecular weight is 270 g/mol. The first kappa shape index (κ1) is 17.8. The Morgan fingerprint density at radius 1 is 1.37 bits per heavy atom. The molecule has 0 aliphatic rings. The summed E-state index contributed by atoms with van der Waals surface area (Å²) in [6, 6.07) is 0. The maximum absolute atomic E-state index is 11.2. The van der Waals surface area contributed by atoms with Gasteiger partial charge in [0.05, 0.1) is 19.1 Å². The van der Waals surface area contributed by atoms with Crippen LogP contribution in [0.1, 0.15) is 47.0 Å². The fourth-order valence-corrected chi connectivity index (χ4v) is 1.78. The number of hydrogen-bond acceptors (Lipinski definition) is 4. The van der Waals surface area contributed by atoms with Crippen LogP contribution >= 0.6 is 0 Å². The van der Waals surface area contributed by atoms with E-state index in [1.54, 1.807) is 19.9 Å². The summed E-state index contributed by atoms with van der Waals surface area (Å²) in [5.41, 5.74) is -1.21. The Morgan fingerprint density at radius 2 is 1.95 bits per heavy atom. The first-order valence-electron chi connectivity index (χ1n) is 6.66. The number of allylic oxidation sites excluding steroid dienone is 1. The lowest BCUT2D eigenvalue weighted by atomic mass is 9.88. The quantitative estimate of drug-likeness (QED) is 0.543. The largest absolute Gasteiger partial charge is 0.469 e. The van der Waals surface area contributed by atoms with Crippen molar-refractivity contribution in [2.75, 3.05) is 7.11 Å². The highest BCUT2D eigenvalue weighted by atomic mass is 16.5. The van der Waals surface area contributed by atoms with Crippen LogP contribution in [0.15, 0.2) is 12.2 Å². The summed E-state index contributed by atoms with van der Waals surface area (Å²) in [7, 11) is 1.30. The van der Waals surface area contributed by atoms with Crippen LogP contribution in [0.3, 0.4) is 0 Å². The van der Waals surface area contributed by atoms with Crippen LogP contribution in [0.5, 0.6) is 0 Å². The Kier molecular flexibility index (Phi) is 7.61. The van der Waals surface area contributed by atoms with Crippen molar-refractivity contribution in [3.8, 4) is 0 Å². The van der Waals surface area contributed by atoms with Gasteiger partial charge in [-0.15, -0.1) is 0 Å². The van der Waals surface area contributed by atoms with E-state index in [1.807, 2.05) is 6.08 Å². The number of esters is 1. The van der Waals surface area contributed by atoms with E-state index in [0.717, 1.165) is 6.42 Å². The molecule has 4 nitrogen and oxygen atoms in total. The van der Waals surface area contributed by atoms with Gasteiger partial charge in [-0.05, 0) is 32.1 Å². The number of ketones is 1. The minimum Gasteiger partial charge on any atom is -0.469 e. The van der Waals surface area contributed by atoms with Crippen molar-refractivity contribution in [3.05, 3.63) is 12.2 Å². The minimum atomic E-state index is -1.21. The lowest BCUT2D eigenvalue weighted by Gasteiger charge is -2.21. The van der Waals surface area contributed by atoms with Gasteiger partial charge in [-0.1, -0.05) is 26.0 Å². The number of hydrogen-bond donors (Lipinski definition) is 1. The van der Waals surface area contributed by atoms with Gasteiger partial charge in [-0.25, -0.2) is 0 Å². The molecule has 0 aromatic heterocycles. The SMILES string of the molecule is COC(=O)C[C@](C)(O)/C=C/[C@@H](CCC(C)=O)C(C)C. The third-order valence-corrected chi connectivity index (χ3v) is 3.12. The molecule has 0 aliphatic carbocycles. The molecule has 0 aromatic rings. The van der Waals surface area contributed by atoms with E-state index in [2.05, 4.69) is 18.6 Å². The van der Waals surface area contributed by atoms with Gasteiger partial charge in [0, 0.05) is 6.42 Å². The van der Waals surface area contributed by atoms with Crippen molar-refractivity contribution < 1.29 is 19.4 Å². The summed E-state index contributed by atoms with van der Waals surface area (Å²) in [6.45, 7) is 7.30. The van der Waals surface area contributed by atoms with Crippen LogP contribution in [0.4, 0.5) is 0 Å². The lowest BCUT2D eigenvalue weighted by Crippen LogP contribution is -2.26. The Morgan fingerprint density at radius 3 is 2.37 bits per heavy atom. The van der Waals surface area contributed by atoms with Crippen molar-refractivity contribution >= 4 is 11.8 Å². The third-order valence-electron chi connectivity index (χ3n) is 3.12. The molecule has 0 rings (SSSR count). The Labute approximate surface area is 115 Å². The van der Waals surface area contributed by atoms with Gasteiger partial charge in [0.2, 0.25) is 0 Å². The van der Waals surface area contributed by atoms with Crippen LogP contribution in [0.2, 0.25) is 0 Å². The molecule has 0 fully saturated rings. The Balaban J connectivity index is 4.59.